The summed E-state index contributed by atoms with van der Waals surface area (Å²) in [5.74, 6) is -0.256. The van der Waals surface area contributed by atoms with Crippen molar-refractivity contribution >= 4 is 0 Å². The molecular formula is C19H18FN3O. The lowest BCUT2D eigenvalue weighted by Gasteiger charge is -2.38. The van der Waals surface area contributed by atoms with Crippen molar-refractivity contribution in [3.8, 4) is 11.1 Å². The first-order valence-electron chi connectivity index (χ1n) is 7.92. The highest BCUT2D eigenvalue weighted by Crippen LogP contribution is 2.29. The van der Waals surface area contributed by atoms with Crippen molar-refractivity contribution in [1.29, 1.82) is 0 Å². The van der Waals surface area contributed by atoms with Gasteiger partial charge in [-0.1, -0.05) is 24.3 Å². The number of halogens is 1. The van der Waals surface area contributed by atoms with E-state index in [0.717, 1.165) is 22.3 Å². The number of rotatable bonds is 4. The van der Waals surface area contributed by atoms with Crippen molar-refractivity contribution in [1.82, 2.24) is 14.9 Å². The number of imidazole rings is 1. The number of hydrogen-bond acceptors (Lipinski definition) is 3. The lowest BCUT2D eigenvalue weighted by molar-refractivity contribution is -0.0146. The highest BCUT2D eigenvalue weighted by atomic mass is 19.1. The summed E-state index contributed by atoms with van der Waals surface area (Å²) in [6.07, 6.45) is 5.28. The Morgan fingerprint density at radius 1 is 1.12 bits per heavy atom. The van der Waals surface area contributed by atoms with Crippen LogP contribution in [0.1, 0.15) is 11.1 Å². The molecule has 2 N–H and O–H groups in total. The molecule has 0 unspecified atom stereocenters. The molecule has 2 aromatic carbocycles. The Bertz CT molecular complexity index is 840. The molecule has 0 radical (unpaired) electrons. The van der Waals surface area contributed by atoms with Gasteiger partial charge in [-0.25, -0.2) is 9.37 Å². The number of aromatic nitrogens is 2. The minimum atomic E-state index is -0.771. The Hall–Kier alpha value is -2.50. The van der Waals surface area contributed by atoms with Gasteiger partial charge in [0.05, 0.1) is 6.33 Å². The summed E-state index contributed by atoms with van der Waals surface area (Å²) in [5.41, 5.74) is 2.76. The van der Waals surface area contributed by atoms with Crippen LogP contribution in [-0.2, 0) is 12.1 Å². The Balaban J connectivity index is 1.62. The molecule has 2 heterocycles. The second kappa shape index (κ2) is 5.85. The minimum absolute atomic E-state index is 0.256. The number of β-amino-alcohol motifs (C(OH)–C–C–N with tert-alkyl or cyclic N) is 1. The predicted molar refractivity (Wildman–Crippen MR) is 89.9 cm³/mol. The van der Waals surface area contributed by atoms with Gasteiger partial charge in [-0.15, -0.1) is 0 Å². The predicted octanol–water partition coefficient (Wildman–Crippen LogP) is 2.53. The molecule has 0 atom stereocenters. The summed E-state index contributed by atoms with van der Waals surface area (Å²) in [4.78, 5) is 4.01. The Morgan fingerprint density at radius 2 is 1.92 bits per heavy atom. The molecule has 1 fully saturated rings. The van der Waals surface area contributed by atoms with Crippen molar-refractivity contribution in [3.63, 3.8) is 0 Å². The second-order valence-electron chi connectivity index (χ2n) is 6.30. The molecular weight excluding hydrogens is 305 g/mol. The lowest BCUT2D eigenvalue weighted by Crippen LogP contribution is -2.56. The Kier molecular flexibility index (Phi) is 3.67. The summed E-state index contributed by atoms with van der Waals surface area (Å²) in [6, 6.07) is 12.8. The molecule has 4 rings (SSSR count). The van der Waals surface area contributed by atoms with Crippen LogP contribution in [0, 0.1) is 5.82 Å². The van der Waals surface area contributed by atoms with Gasteiger partial charge in [0, 0.05) is 32.0 Å². The number of benzene rings is 2. The van der Waals surface area contributed by atoms with Gasteiger partial charge in [0.1, 0.15) is 11.4 Å². The number of hydrogen-bond donors (Lipinski definition) is 2. The van der Waals surface area contributed by atoms with Crippen LogP contribution < -0.4 is 5.32 Å². The van der Waals surface area contributed by atoms with E-state index < -0.39 is 5.60 Å². The summed E-state index contributed by atoms with van der Waals surface area (Å²) in [6.45, 7) is 1.72. The summed E-state index contributed by atoms with van der Waals surface area (Å²) >= 11 is 0. The van der Waals surface area contributed by atoms with Gasteiger partial charge in [0.2, 0.25) is 0 Å². The quantitative estimate of drug-likeness (QED) is 0.776. The van der Waals surface area contributed by atoms with E-state index in [9.17, 15) is 9.50 Å². The maximum atomic E-state index is 14.0. The molecule has 1 aliphatic rings. The number of nitrogens with zero attached hydrogens (tertiary/aromatic N) is 2. The van der Waals surface area contributed by atoms with E-state index in [0.29, 0.717) is 19.6 Å². The fraction of sp³-hybridized carbons (Fsp3) is 0.211. The highest BCUT2D eigenvalue weighted by molar-refractivity contribution is 5.65. The molecule has 3 aromatic rings. The van der Waals surface area contributed by atoms with Crippen LogP contribution in [0.15, 0.2) is 61.2 Å². The standard InChI is InChI=1S/C19H18FN3O/c20-18-8-14(10-23-6-5-21-13-23)7-16(9-18)15-1-3-17(4-2-15)19(24)11-22-12-19/h1-9,13,22,24H,10-12H2. The van der Waals surface area contributed by atoms with Gasteiger partial charge >= 0.3 is 0 Å². The van der Waals surface area contributed by atoms with Crippen molar-refractivity contribution in [3.05, 3.63) is 78.1 Å². The summed E-state index contributed by atoms with van der Waals surface area (Å²) in [5, 5.41) is 13.4. The molecule has 1 aromatic heterocycles. The lowest BCUT2D eigenvalue weighted by atomic mass is 9.87. The van der Waals surface area contributed by atoms with E-state index in [4.69, 9.17) is 0 Å². The van der Waals surface area contributed by atoms with E-state index in [1.54, 1.807) is 18.6 Å². The molecule has 0 bridgehead atoms. The molecule has 0 spiro atoms. The van der Waals surface area contributed by atoms with Crippen molar-refractivity contribution in [2.24, 2.45) is 0 Å². The average Bonchev–Trinajstić information content (AvgIpc) is 3.05. The van der Waals surface area contributed by atoms with Crippen LogP contribution in [0.2, 0.25) is 0 Å². The van der Waals surface area contributed by atoms with Gasteiger partial charge in [0.25, 0.3) is 0 Å². The molecule has 0 amide bonds. The first kappa shape index (κ1) is 15.1. The Labute approximate surface area is 139 Å². The molecule has 5 heteroatoms. The maximum Gasteiger partial charge on any atom is 0.124 e. The SMILES string of the molecule is OC1(c2ccc(-c3cc(F)cc(Cn4ccnc4)c3)cc2)CNC1. The number of nitrogens with one attached hydrogen (secondary N) is 1. The maximum absolute atomic E-state index is 14.0. The van der Waals surface area contributed by atoms with E-state index in [1.165, 1.54) is 6.07 Å². The van der Waals surface area contributed by atoms with E-state index in [1.807, 2.05) is 41.1 Å². The van der Waals surface area contributed by atoms with Crippen molar-refractivity contribution < 1.29 is 9.50 Å². The highest BCUT2D eigenvalue weighted by Gasteiger charge is 2.35. The zero-order chi connectivity index (χ0) is 16.6. The topological polar surface area (TPSA) is 50.1 Å². The zero-order valence-electron chi connectivity index (χ0n) is 13.1. The molecule has 0 aliphatic carbocycles. The molecule has 4 nitrogen and oxygen atoms in total. The first-order valence-corrected chi connectivity index (χ1v) is 7.92. The van der Waals surface area contributed by atoms with Crippen LogP contribution >= 0.6 is 0 Å². The fourth-order valence-electron chi connectivity index (χ4n) is 3.04. The molecule has 24 heavy (non-hydrogen) atoms. The molecule has 0 saturated carbocycles. The van der Waals surface area contributed by atoms with Crippen molar-refractivity contribution in [2.45, 2.75) is 12.1 Å². The third-order valence-corrected chi connectivity index (χ3v) is 4.47. The third kappa shape index (κ3) is 2.84. The van der Waals surface area contributed by atoms with Crippen LogP contribution in [0.3, 0.4) is 0 Å². The smallest absolute Gasteiger partial charge is 0.124 e. The molecule has 1 saturated heterocycles. The summed E-state index contributed by atoms with van der Waals surface area (Å²) < 4.78 is 15.9. The largest absolute Gasteiger partial charge is 0.382 e. The van der Waals surface area contributed by atoms with Gasteiger partial charge < -0.3 is 15.0 Å². The fourth-order valence-corrected chi connectivity index (χ4v) is 3.04. The summed E-state index contributed by atoms with van der Waals surface area (Å²) in [7, 11) is 0. The van der Waals surface area contributed by atoms with E-state index in [-0.39, 0.29) is 5.82 Å². The van der Waals surface area contributed by atoms with Gasteiger partial charge in [0.15, 0.2) is 0 Å². The molecule has 122 valence electrons. The third-order valence-electron chi connectivity index (χ3n) is 4.47. The average molecular weight is 323 g/mol. The normalized spacial score (nSPS) is 15.9. The number of aliphatic hydroxyl groups is 1. The second-order valence-corrected chi connectivity index (χ2v) is 6.30. The van der Waals surface area contributed by atoms with E-state index >= 15 is 0 Å². The monoisotopic (exact) mass is 323 g/mol. The van der Waals surface area contributed by atoms with Gasteiger partial charge in [-0.3, -0.25) is 0 Å². The van der Waals surface area contributed by atoms with Crippen LogP contribution in [0.5, 0.6) is 0 Å². The minimum Gasteiger partial charge on any atom is -0.382 e. The van der Waals surface area contributed by atoms with Crippen LogP contribution in [0.4, 0.5) is 4.39 Å². The first-order chi connectivity index (χ1) is 11.6. The van der Waals surface area contributed by atoms with Gasteiger partial charge in [-0.2, -0.15) is 0 Å². The van der Waals surface area contributed by atoms with E-state index in [2.05, 4.69) is 10.3 Å². The zero-order valence-corrected chi connectivity index (χ0v) is 13.1. The van der Waals surface area contributed by atoms with Crippen molar-refractivity contribution in [2.75, 3.05) is 13.1 Å². The Morgan fingerprint density at radius 3 is 2.54 bits per heavy atom. The van der Waals surface area contributed by atoms with Crippen LogP contribution in [0.25, 0.3) is 11.1 Å². The van der Waals surface area contributed by atoms with Gasteiger partial charge in [-0.05, 0) is 40.5 Å². The van der Waals surface area contributed by atoms with Crippen LogP contribution in [-0.4, -0.2) is 27.7 Å². The molecule has 1 aliphatic heterocycles.